The number of rotatable bonds is 3. The van der Waals surface area contributed by atoms with Crippen LogP contribution >= 0.6 is 0 Å². The molecule has 0 saturated carbocycles. The topological polar surface area (TPSA) is 174 Å². The van der Waals surface area contributed by atoms with Crippen LogP contribution in [0.2, 0.25) is 0 Å². The fourth-order valence-electron chi connectivity index (χ4n) is 1.56. The van der Waals surface area contributed by atoms with E-state index in [0.29, 0.717) is 0 Å². The zero-order chi connectivity index (χ0) is 14.8. The molecule has 1 heterocycles. The molecule has 1 unspecified atom stereocenters. The highest BCUT2D eigenvalue weighted by molar-refractivity contribution is 7.73. The lowest BCUT2D eigenvalue weighted by Gasteiger charge is -2.45. The Bertz CT molecular complexity index is 469. The van der Waals surface area contributed by atoms with Crippen LogP contribution in [0.15, 0.2) is 0 Å². The van der Waals surface area contributed by atoms with Crippen LogP contribution in [-0.2, 0) is 19.8 Å². The highest BCUT2D eigenvalue weighted by atomic mass is 32.2. The van der Waals surface area contributed by atoms with Crippen LogP contribution in [0.25, 0.3) is 0 Å². The van der Waals surface area contributed by atoms with E-state index in [-0.39, 0.29) is 5.37 Å². The molecular weight excluding hydrogens is 286 g/mol. The average Bonchev–Trinajstić information content (AvgIpc) is 2.30. The molecule has 0 aliphatic carbocycles. The Kier molecular flexibility index (Phi) is 4.98. The molecule has 110 valence electrons. The third kappa shape index (κ3) is 3.27. The fourth-order valence-corrected chi connectivity index (χ4v) is 1.79. The number of aliphatic hydroxyl groups is 5. The summed E-state index contributed by atoms with van der Waals surface area (Å²) in [5.74, 6) is -1.34. The van der Waals surface area contributed by atoms with Gasteiger partial charge < -0.3 is 35.6 Å². The summed E-state index contributed by atoms with van der Waals surface area (Å²) in [7, 11) is -2.86. The number of ether oxygens (including phenoxy) is 1. The van der Waals surface area contributed by atoms with E-state index < -0.39 is 53.1 Å². The lowest BCUT2D eigenvalue weighted by Crippen LogP contribution is -2.73. The van der Waals surface area contributed by atoms with E-state index >= 15 is 0 Å². The van der Waals surface area contributed by atoms with E-state index in [1.54, 1.807) is 5.32 Å². The maximum atomic E-state index is 11.1. The van der Waals surface area contributed by atoms with Gasteiger partial charge in [0, 0.05) is 0 Å². The van der Waals surface area contributed by atoms with Crippen molar-refractivity contribution in [1.29, 1.82) is 0 Å². The molecule has 0 spiro atoms. The molecule has 19 heavy (non-hydrogen) atoms. The van der Waals surface area contributed by atoms with Crippen molar-refractivity contribution in [2.75, 3.05) is 6.61 Å². The minimum atomic E-state index is -2.86. The fraction of sp³-hybridized carbons (Fsp3) is 0.750. The van der Waals surface area contributed by atoms with Gasteiger partial charge in [-0.25, -0.2) is 0 Å². The Balaban J connectivity index is 2.96. The molecule has 1 rings (SSSR count). The molecule has 1 aliphatic rings. The Morgan fingerprint density at radius 2 is 1.95 bits per heavy atom. The van der Waals surface area contributed by atoms with E-state index in [9.17, 15) is 33.6 Å². The molecule has 0 aromatic carbocycles. The summed E-state index contributed by atoms with van der Waals surface area (Å²) in [6.45, 7) is -0.754. The summed E-state index contributed by atoms with van der Waals surface area (Å²) in [5.41, 5.74) is -2.82. The van der Waals surface area contributed by atoms with Crippen molar-refractivity contribution in [1.82, 2.24) is 5.32 Å². The van der Waals surface area contributed by atoms with Gasteiger partial charge in [-0.1, -0.05) is 0 Å². The first-order valence-electron chi connectivity index (χ1n) is 5.00. The summed E-state index contributed by atoms with van der Waals surface area (Å²) in [4.78, 5) is 11.1. The third-order valence-corrected chi connectivity index (χ3v) is 2.95. The zero-order valence-corrected chi connectivity index (χ0v) is 10.2. The van der Waals surface area contributed by atoms with E-state index in [0.717, 1.165) is 0 Å². The van der Waals surface area contributed by atoms with Gasteiger partial charge in [0.05, 0.1) is 6.61 Å². The molecule has 0 bridgehead atoms. The first kappa shape index (κ1) is 16.0. The van der Waals surface area contributed by atoms with E-state index in [2.05, 4.69) is 4.74 Å². The van der Waals surface area contributed by atoms with Gasteiger partial charge in [0.2, 0.25) is 22.3 Å². The minimum absolute atomic E-state index is 0.141. The van der Waals surface area contributed by atoms with Crippen LogP contribution in [0.5, 0.6) is 0 Å². The summed E-state index contributed by atoms with van der Waals surface area (Å²) >= 11 is 0. The second-order valence-electron chi connectivity index (χ2n) is 3.84. The lowest BCUT2D eigenvalue weighted by molar-refractivity contribution is -0.335. The Labute approximate surface area is 108 Å². The number of hydrogen-bond donors (Lipinski definition) is 6. The molecule has 0 aromatic rings. The Morgan fingerprint density at radius 3 is 2.42 bits per heavy atom. The van der Waals surface area contributed by atoms with Gasteiger partial charge in [0.25, 0.3) is 5.91 Å². The zero-order valence-electron chi connectivity index (χ0n) is 9.37. The predicted molar refractivity (Wildman–Crippen MR) is 58.1 cm³/mol. The molecule has 10 nitrogen and oxygen atoms in total. The molecule has 1 saturated heterocycles. The number of carbonyl (C=O) groups excluding carboxylic acids is 1. The van der Waals surface area contributed by atoms with Crippen molar-refractivity contribution in [3.05, 3.63) is 0 Å². The first-order chi connectivity index (χ1) is 8.72. The quantitative estimate of drug-likeness (QED) is 0.220. The Morgan fingerprint density at radius 1 is 1.37 bits per heavy atom. The maximum absolute atomic E-state index is 11.1. The molecule has 6 N–H and O–H groups in total. The summed E-state index contributed by atoms with van der Waals surface area (Å²) in [5, 5.41) is 49.0. The maximum Gasteiger partial charge on any atom is 0.261 e. The SMILES string of the molecule is O=C(C=S(=O)=O)N[C@]1(O)C(O)O[C@H](CO)[C@@H](O)[C@@H]1O. The van der Waals surface area contributed by atoms with E-state index in [1.165, 1.54) is 0 Å². The van der Waals surface area contributed by atoms with Crippen molar-refractivity contribution in [2.45, 2.75) is 30.3 Å². The van der Waals surface area contributed by atoms with Crippen molar-refractivity contribution >= 4 is 21.6 Å². The monoisotopic (exact) mass is 299 g/mol. The molecule has 11 heteroatoms. The van der Waals surface area contributed by atoms with Crippen molar-refractivity contribution in [2.24, 2.45) is 0 Å². The third-order valence-electron chi connectivity index (χ3n) is 2.54. The van der Waals surface area contributed by atoms with E-state index in [4.69, 9.17) is 5.11 Å². The Hall–Kier alpha value is -1.08. The van der Waals surface area contributed by atoms with Gasteiger partial charge in [0.1, 0.15) is 23.7 Å². The standard InChI is InChI=1S/C8H13NO9S/c10-1-3-5(12)6(13)8(15,7(14)18-3)9-4(11)2-19(16)17/h2-3,5-7,10,12-15H,1H2,(H,9,11)/t3-,5-,6+,7?,8-/m1/s1. The van der Waals surface area contributed by atoms with Crippen LogP contribution < -0.4 is 5.32 Å². The second kappa shape index (κ2) is 5.92. The van der Waals surface area contributed by atoms with Crippen LogP contribution in [-0.4, -0.2) is 82.2 Å². The summed E-state index contributed by atoms with van der Waals surface area (Å²) < 4.78 is 25.1. The highest BCUT2D eigenvalue weighted by Gasteiger charge is 2.55. The molecule has 1 aliphatic heterocycles. The summed E-state index contributed by atoms with van der Waals surface area (Å²) in [6, 6.07) is 0. The average molecular weight is 299 g/mol. The number of hydrogen-bond acceptors (Lipinski definition) is 9. The molecule has 5 atom stereocenters. The highest BCUT2D eigenvalue weighted by Crippen LogP contribution is 2.26. The van der Waals surface area contributed by atoms with Crippen LogP contribution in [0.4, 0.5) is 0 Å². The summed E-state index contributed by atoms with van der Waals surface area (Å²) in [6.07, 6.45) is -7.47. The molecule has 1 amide bonds. The molecular formula is C8H13NO9S. The molecule has 1 fully saturated rings. The molecule has 0 radical (unpaired) electrons. The lowest BCUT2D eigenvalue weighted by atomic mass is 9.93. The number of nitrogens with one attached hydrogen (secondary N) is 1. The van der Waals surface area contributed by atoms with Gasteiger partial charge in [0.15, 0.2) is 0 Å². The minimum Gasteiger partial charge on any atom is -0.394 e. The van der Waals surface area contributed by atoms with Gasteiger partial charge in [-0.2, -0.15) is 8.42 Å². The predicted octanol–water partition coefficient (Wildman–Crippen LogP) is -5.10. The van der Waals surface area contributed by atoms with Gasteiger partial charge in [-0.15, -0.1) is 0 Å². The molecule has 0 aromatic heterocycles. The largest absolute Gasteiger partial charge is 0.394 e. The second-order valence-corrected chi connectivity index (χ2v) is 4.59. The smallest absolute Gasteiger partial charge is 0.261 e. The van der Waals surface area contributed by atoms with Gasteiger partial charge in [-0.3, -0.25) is 4.79 Å². The number of aliphatic hydroxyl groups excluding tert-OH is 4. The van der Waals surface area contributed by atoms with Crippen LogP contribution in [0.3, 0.4) is 0 Å². The van der Waals surface area contributed by atoms with Gasteiger partial charge in [-0.05, 0) is 0 Å². The number of carbonyl (C=O) groups is 1. The first-order valence-corrected chi connectivity index (χ1v) is 6.14. The van der Waals surface area contributed by atoms with Crippen molar-refractivity contribution < 1.29 is 43.5 Å². The van der Waals surface area contributed by atoms with Crippen LogP contribution in [0, 0.1) is 0 Å². The van der Waals surface area contributed by atoms with Gasteiger partial charge >= 0.3 is 0 Å². The van der Waals surface area contributed by atoms with Crippen molar-refractivity contribution in [3.63, 3.8) is 0 Å². The van der Waals surface area contributed by atoms with E-state index in [1.807, 2.05) is 0 Å². The number of amides is 1. The van der Waals surface area contributed by atoms with Crippen LogP contribution in [0.1, 0.15) is 0 Å². The van der Waals surface area contributed by atoms with Crippen molar-refractivity contribution in [3.8, 4) is 0 Å². The normalized spacial score (nSPS) is 38.6.